The Morgan fingerprint density at radius 2 is 2.00 bits per heavy atom. The fraction of sp³-hybridized carbons (Fsp3) is 0.688. The second-order valence-electron chi connectivity index (χ2n) is 6.58. The molecule has 0 radical (unpaired) electrons. The Morgan fingerprint density at radius 1 is 1.14 bits per heavy atom. The Morgan fingerprint density at radius 3 is 2.90 bits per heavy atom. The van der Waals surface area contributed by atoms with Crippen LogP contribution in [0.4, 0.5) is 5.82 Å². The third-order valence-corrected chi connectivity index (χ3v) is 5.13. The molecule has 1 N–H and O–H groups in total. The van der Waals surface area contributed by atoms with Crippen LogP contribution in [0, 0.1) is 5.92 Å². The molecule has 1 saturated carbocycles. The molecule has 2 heterocycles. The smallest absolute Gasteiger partial charge is 0.254 e. The summed E-state index contributed by atoms with van der Waals surface area (Å²) in [7, 11) is 0. The normalized spacial score (nSPS) is 25.8. The van der Waals surface area contributed by atoms with Gasteiger partial charge in [0.25, 0.3) is 5.78 Å². The van der Waals surface area contributed by atoms with Crippen molar-refractivity contribution in [2.24, 2.45) is 5.92 Å². The topological polar surface area (TPSA) is 55.1 Å². The van der Waals surface area contributed by atoms with E-state index >= 15 is 0 Å². The van der Waals surface area contributed by atoms with Gasteiger partial charge in [-0.1, -0.05) is 19.8 Å². The number of rotatable bonds is 2. The van der Waals surface area contributed by atoms with E-state index < -0.39 is 0 Å². The van der Waals surface area contributed by atoms with Crippen molar-refractivity contribution in [3.8, 4) is 0 Å². The minimum absolute atomic E-state index is 0.555. The Bertz CT molecular complexity index is 647. The number of hydrogen-bond acceptors (Lipinski definition) is 4. The van der Waals surface area contributed by atoms with Crippen LogP contribution in [0.3, 0.4) is 0 Å². The number of anilines is 1. The lowest BCUT2D eigenvalue weighted by atomic mass is 9.85. The molecule has 2 aliphatic carbocycles. The van der Waals surface area contributed by atoms with Gasteiger partial charge in [-0.15, -0.1) is 0 Å². The van der Waals surface area contributed by atoms with Gasteiger partial charge < -0.3 is 5.32 Å². The van der Waals surface area contributed by atoms with Gasteiger partial charge in [0.1, 0.15) is 12.1 Å². The molecule has 5 heteroatoms. The lowest BCUT2D eigenvalue weighted by Crippen LogP contribution is -2.32. The van der Waals surface area contributed by atoms with E-state index in [1.807, 2.05) is 4.52 Å². The van der Waals surface area contributed by atoms with Gasteiger partial charge in [-0.2, -0.15) is 14.6 Å². The lowest BCUT2D eigenvalue weighted by molar-refractivity contribution is 0.348. The third kappa shape index (κ3) is 2.28. The van der Waals surface area contributed by atoms with Gasteiger partial charge in [0.05, 0.1) is 5.69 Å². The van der Waals surface area contributed by atoms with Crippen molar-refractivity contribution >= 4 is 11.6 Å². The minimum Gasteiger partial charge on any atom is -0.367 e. The van der Waals surface area contributed by atoms with Gasteiger partial charge in [0.15, 0.2) is 0 Å². The molecule has 2 aliphatic rings. The zero-order valence-corrected chi connectivity index (χ0v) is 12.7. The van der Waals surface area contributed by atoms with Crippen LogP contribution in [0.25, 0.3) is 5.78 Å². The Labute approximate surface area is 125 Å². The van der Waals surface area contributed by atoms with Crippen molar-refractivity contribution in [2.75, 3.05) is 5.32 Å². The highest BCUT2D eigenvalue weighted by Crippen LogP contribution is 2.31. The summed E-state index contributed by atoms with van der Waals surface area (Å²) in [6.45, 7) is 2.36. The molecule has 2 atom stereocenters. The number of aromatic nitrogens is 4. The molecule has 0 aliphatic heterocycles. The molecule has 5 nitrogen and oxygen atoms in total. The molecule has 112 valence electrons. The van der Waals surface area contributed by atoms with Gasteiger partial charge in [-0.05, 0) is 44.4 Å². The van der Waals surface area contributed by atoms with Crippen molar-refractivity contribution in [1.29, 1.82) is 0 Å². The number of hydrogen-bond donors (Lipinski definition) is 1. The molecule has 0 amide bonds. The van der Waals surface area contributed by atoms with E-state index in [1.54, 1.807) is 6.33 Å². The van der Waals surface area contributed by atoms with E-state index in [0.717, 1.165) is 30.4 Å². The van der Waals surface area contributed by atoms with Crippen molar-refractivity contribution in [3.05, 3.63) is 17.6 Å². The zero-order chi connectivity index (χ0) is 14.2. The molecule has 0 spiro atoms. The summed E-state index contributed by atoms with van der Waals surface area (Å²) in [6, 6.07) is 0.555. The van der Waals surface area contributed by atoms with E-state index in [2.05, 4.69) is 22.3 Å². The van der Waals surface area contributed by atoms with Gasteiger partial charge in [-0.3, -0.25) is 0 Å². The van der Waals surface area contributed by atoms with Crippen LogP contribution in [0.5, 0.6) is 0 Å². The van der Waals surface area contributed by atoms with Crippen LogP contribution in [0.1, 0.15) is 56.7 Å². The van der Waals surface area contributed by atoms with Crippen LogP contribution >= 0.6 is 0 Å². The van der Waals surface area contributed by atoms with Crippen molar-refractivity contribution < 1.29 is 0 Å². The van der Waals surface area contributed by atoms with Crippen molar-refractivity contribution in [1.82, 2.24) is 19.6 Å². The molecule has 0 bridgehead atoms. The highest BCUT2D eigenvalue weighted by molar-refractivity contribution is 5.54. The molecular weight excluding hydrogens is 262 g/mol. The van der Waals surface area contributed by atoms with Crippen LogP contribution in [0.2, 0.25) is 0 Å². The first-order valence-corrected chi connectivity index (χ1v) is 8.31. The third-order valence-electron chi connectivity index (χ3n) is 5.13. The predicted molar refractivity (Wildman–Crippen MR) is 82.5 cm³/mol. The Kier molecular flexibility index (Phi) is 3.28. The maximum Gasteiger partial charge on any atom is 0.254 e. The SMILES string of the molecule is C[C@@H]1CCCC[C@@H]1Nc1c2c(nc3ncnn13)CCCC2. The molecule has 2 aromatic heterocycles. The summed E-state index contributed by atoms with van der Waals surface area (Å²) in [5.74, 6) is 2.62. The molecule has 1 fully saturated rings. The van der Waals surface area contributed by atoms with E-state index in [1.165, 1.54) is 49.8 Å². The monoisotopic (exact) mass is 285 g/mol. The average molecular weight is 285 g/mol. The standard InChI is InChI=1S/C16H23N5/c1-11-6-2-4-8-13(11)19-15-12-7-3-5-9-14(12)20-16-17-10-18-21(15)16/h10-11,13,19H,2-9H2,1H3/t11-,13+/m1/s1. The van der Waals surface area contributed by atoms with E-state index in [-0.39, 0.29) is 0 Å². The molecule has 21 heavy (non-hydrogen) atoms. The van der Waals surface area contributed by atoms with E-state index in [9.17, 15) is 0 Å². The first-order chi connectivity index (χ1) is 10.3. The lowest BCUT2D eigenvalue weighted by Gasteiger charge is -2.31. The summed E-state index contributed by atoms with van der Waals surface area (Å²) < 4.78 is 1.91. The Balaban J connectivity index is 1.76. The number of nitrogens with one attached hydrogen (secondary N) is 1. The van der Waals surface area contributed by atoms with E-state index in [0.29, 0.717) is 6.04 Å². The maximum atomic E-state index is 4.70. The van der Waals surface area contributed by atoms with Crippen LogP contribution in [0.15, 0.2) is 6.33 Å². The quantitative estimate of drug-likeness (QED) is 0.921. The van der Waals surface area contributed by atoms with Crippen molar-refractivity contribution in [3.63, 3.8) is 0 Å². The maximum absolute atomic E-state index is 4.70. The summed E-state index contributed by atoms with van der Waals surface area (Å²) in [5, 5.41) is 8.21. The average Bonchev–Trinajstić information content (AvgIpc) is 2.97. The number of nitrogens with zero attached hydrogens (tertiary/aromatic N) is 4. The number of aryl methyl sites for hydroxylation is 1. The largest absolute Gasteiger partial charge is 0.367 e. The van der Waals surface area contributed by atoms with Gasteiger partial charge in [-0.25, -0.2) is 4.98 Å². The zero-order valence-electron chi connectivity index (χ0n) is 12.7. The summed E-state index contributed by atoms with van der Waals surface area (Å²) in [4.78, 5) is 9.00. The highest BCUT2D eigenvalue weighted by Gasteiger charge is 2.25. The van der Waals surface area contributed by atoms with E-state index in [4.69, 9.17) is 4.98 Å². The van der Waals surface area contributed by atoms with Gasteiger partial charge in [0, 0.05) is 11.6 Å². The molecule has 0 unspecified atom stereocenters. The first-order valence-electron chi connectivity index (χ1n) is 8.31. The fourth-order valence-electron chi connectivity index (χ4n) is 3.84. The molecule has 0 saturated heterocycles. The molecular formula is C16H23N5. The summed E-state index contributed by atoms with van der Waals surface area (Å²) in [5.41, 5.74) is 2.60. The summed E-state index contributed by atoms with van der Waals surface area (Å²) >= 11 is 0. The second kappa shape index (κ2) is 5.28. The van der Waals surface area contributed by atoms with Gasteiger partial charge in [0.2, 0.25) is 0 Å². The molecule has 4 rings (SSSR count). The Hall–Kier alpha value is -1.65. The number of fused-ring (bicyclic) bond motifs is 2. The van der Waals surface area contributed by atoms with Crippen LogP contribution in [-0.4, -0.2) is 25.6 Å². The fourth-order valence-corrected chi connectivity index (χ4v) is 3.84. The predicted octanol–water partition coefficient (Wildman–Crippen LogP) is 2.99. The van der Waals surface area contributed by atoms with Crippen LogP contribution < -0.4 is 5.32 Å². The summed E-state index contributed by atoms with van der Waals surface area (Å²) in [6.07, 6.45) is 11.6. The molecule has 0 aromatic carbocycles. The van der Waals surface area contributed by atoms with Gasteiger partial charge >= 0.3 is 0 Å². The minimum atomic E-state index is 0.555. The first kappa shape index (κ1) is 13.0. The van der Waals surface area contributed by atoms with Crippen molar-refractivity contribution in [2.45, 2.75) is 64.3 Å². The molecule has 2 aromatic rings. The second-order valence-corrected chi connectivity index (χ2v) is 6.58. The van der Waals surface area contributed by atoms with Crippen LogP contribution in [-0.2, 0) is 12.8 Å². The highest BCUT2D eigenvalue weighted by atomic mass is 15.4.